The van der Waals surface area contributed by atoms with Crippen molar-refractivity contribution in [2.45, 2.75) is 0 Å². The van der Waals surface area contributed by atoms with Gasteiger partial charge in [0.05, 0.1) is 0 Å². The van der Waals surface area contributed by atoms with Gasteiger partial charge >= 0.3 is 11.3 Å². The molecule has 1 nitrogen and oxygen atoms in total. The molecule has 0 heterocycles. The second-order valence-electron chi connectivity index (χ2n) is 0.471. The molecule has 0 spiro atoms. The summed E-state index contributed by atoms with van der Waals surface area (Å²) in [6, 6.07) is 0. The molecule has 8 heavy (non-hydrogen) atoms. The van der Waals surface area contributed by atoms with Crippen molar-refractivity contribution in [3.8, 4) is 0 Å². The van der Waals surface area contributed by atoms with Gasteiger partial charge in [0, 0.05) is 0 Å². The topological polar surface area (TPSA) is 19.9 Å². The Morgan fingerprint density at radius 2 is 1.12 bits per heavy atom. The number of allylic oxidation sites excluding steroid dienone is 2. The first kappa shape index (κ1) is 15.8. The van der Waals surface area contributed by atoms with Crippen LogP contribution in [0.1, 0.15) is 0 Å². The Kier molecular flexibility index (Phi) is 314. The van der Waals surface area contributed by atoms with Crippen molar-refractivity contribution < 1.29 is 4.65 Å². The summed E-state index contributed by atoms with van der Waals surface area (Å²) in [4.78, 5) is 0. The van der Waals surface area contributed by atoms with Gasteiger partial charge in [-0.05, 0) is 0 Å². The van der Waals surface area contributed by atoms with Crippen LogP contribution in [0.25, 0.3) is 0 Å². The molecule has 0 fully saturated rings. The first-order valence-corrected chi connectivity index (χ1v) is 1.85. The Morgan fingerprint density at radius 1 is 1.00 bits per heavy atom. The van der Waals surface area contributed by atoms with Crippen molar-refractivity contribution >= 4 is 0 Å². The van der Waals surface area contributed by atoms with Crippen LogP contribution in [-0.2, 0) is 4.65 Å². The van der Waals surface area contributed by atoms with Crippen molar-refractivity contribution in [1.29, 1.82) is 0 Å². The maximum absolute atomic E-state index is 7.50. The van der Waals surface area contributed by atoms with Crippen molar-refractivity contribution in [2.75, 3.05) is 0 Å². The van der Waals surface area contributed by atoms with Crippen LogP contribution in [0.3, 0.4) is 0 Å². The van der Waals surface area contributed by atoms with Crippen molar-refractivity contribution in [2.24, 2.45) is 0 Å². The van der Waals surface area contributed by atoms with Crippen molar-refractivity contribution in [1.82, 2.24) is 0 Å². The van der Waals surface area contributed by atoms with Crippen molar-refractivity contribution in [3.63, 3.8) is 0 Å². The Hall–Kier alpha value is -1.04. The summed E-state index contributed by atoms with van der Waals surface area (Å²) >= 11 is 0. The number of hydrogen-bond donors (Lipinski definition) is 0. The van der Waals surface area contributed by atoms with E-state index in [2.05, 4.69) is 33.0 Å². The zero-order valence-electron chi connectivity index (χ0n) is 4.89. The van der Waals surface area contributed by atoms with E-state index in [-0.39, 0.29) is 0 Å². The van der Waals surface area contributed by atoms with Gasteiger partial charge in [-0.25, -0.2) is 0 Å². The van der Waals surface area contributed by atoms with Crippen LogP contribution in [0.4, 0.5) is 0 Å². The van der Waals surface area contributed by atoms with Gasteiger partial charge in [-0.2, -0.15) is 0 Å². The molecular formula is C7H10O. The van der Waals surface area contributed by atoms with Crippen LogP contribution in [0.5, 0.6) is 0 Å². The van der Waals surface area contributed by atoms with Gasteiger partial charge in [0.2, 0.25) is 0 Å². The monoisotopic (exact) mass is 110 g/mol. The predicted molar refractivity (Wildman–Crippen MR) is 35.6 cm³/mol. The number of hydrogen-bond acceptors (Lipinski definition) is 0. The average molecular weight is 110 g/mol. The normalized spacial score (nSPS) is 3.25. The predicted octanol–water partition coefficient (Wildman–Crippen LogP) is 2.12. The summed E-state index contributed by atoms with van der Waals surface area (Å²) in [5, 5.41) is 0. The van der Waals surface area contributed by atoms with Crippen LogP contribution < -0.4 is 0 Å². The van der Waals surface area contributed by atoms with E-state index in [1.54, 1.807) is 12.2 Å². The summed E-state index contributed by atoms with van der Waals surface area (Å²) in [6.45, 7) is 17.2. The minimum atomic E-state index is 1.64. The molecule has 0 bridgehead atoms. The fourth-order valence-corrected chi connectivity index (χ4v) is 0. The molecule has 0 radical (unpaired) electrons. The molecule has 1 heteroatoms. The molecule has 0 atom stereocenters. The third-order valence-corrected chi connectivity index (χ3v) is 0.167. The average Bonchev–Trinajstić information content (AvgIpc) is 1.96. The quantitative estimate of drug-likeness (QED) is 0.213. The summed E-state index contributed by atoms with van der Waals surface area (Å²) < 4.78 is 7.50. The van der Waals surface area contributed by atoms with E-state index in [0.29, 0.717) is 0 Å². The Labute approximate surface area is 50.8 Å². The van der Waals surface area contributed by atoms with E-state index in [1.807, 2.05) is 0 Å². The summed E-state index contributed by atoms with van der Waals surface area (Å²) in [7, 11) is 0. The molecule has 0 saturated heterocycles. The second-order valence-corrected chi connectivity index (χ2v) is 0.471. The molecule has 0 aromatic heterocycles. The molecule has 0 aromatic rings. The van der Waals surface area contributed by atoms with Gasteiger partial charge in [-0.3, -0.25) is 0 Å². The minimum absolute atomic E-state index is 1.64. The van der Waals surface area contributed by atoms with E-state index >= 15 is 0 Å². The molecule has 0 aromatic carbocycles. The molecule has 0 N–H and O–H groups in total. The summed E-state index contributed by atoms with van der Waals surface area (Å²) in [5.41, 5.74) is 0. The van der Waals surface area contributed by atoms with E-state index < -0.39 is 0 Å². The molecule has 0 aliphatic carbocycles. The molecule has 0 aliphatic heterocycles. The van der Waals surface area contributed by atoms with E-state index in [9.17, 15) is 0 Å². The van der Waals surface area contributed by atoms with Crippen LogP contribution in [0.2, 0.25) is 0 Å². The van der Waals surface area contributed by atoms with Gasteiger partial charge in [-0.15, -0.1) is 13.2 Å². The Morgan fingerprint density at radius 3 is 1.12 bits per heavy atom. The Bertz CT molecular complexity index is 56.0. The molecule has 0 aliphatic rings. The summed E-state index contributed by atoms with van der Waals surface area (Å²) in [6.07, 6.45) is 3.28. The van der Waals surface area contributed by atoms with Gasteiger partial charge < -0.3 is 0 Å². The van der Waals surface area contributed by atoms with Crippen LogP contribution in [-0.4, -0.2) is 0 Å². The van der Waals surface area contributed by atoms with Gasteiger partial charge in [0.1, 0.15) is 0 Å². The zero-order valence-corrected chi connectivity index (χ0v) is 4.89. The standard InChI is InChI=1S/C4H6.C2H4.CO/c1-3-4-2;2*1-2/h3-4H,1-2H2;1-2H2;. The van der Waals surface area contributed by atoms with E-state index in [4.69, 9.17) is 4.65 Å². The molecular weight excluding hydrogens is 100 g/mol. The van der Waals surface area contributed by atoms with Crippen LogP contribution in [0, 0.1) is 6.65 Å². The molecule has 44 valence electrons. The molecule has 0 saturated carbocycles. The Balaban J connectivity index is -0.0000000542. The van der Waals surface area contributed by atoms with Gasteiger partial charge in [-0.1, -0.05) is 25.3 Å². The van der Waals surface area contributed by atoms with Gasteiger partial charge in [0.15, 0.2) is 0 Å². The molecule has 0 rings (SSSR count). The van der Waals surface area contributed by atoms with Gasteiger partial charge in [0.25, 0.3) is 0 Å². The number of rotatable bonds is 1. The third-order valence-electron chi connectivity index (χ3n) is 0.167. The summed E-state index contributed by atoms with van der Waals surface area (Å²) in [5.74, 6) is 0. The van der Waals surface area contributed by atoms with Crippen molar-refractivity contribution in [3.05, 3.63) is 45.1 Å². The first-order valence-electron chi connectivity index (χ1n) is 1.85. The molecule has 0 amide bonds. The van der Waals surface area contributed by atoms with Crippen LogP contribution in [0.15, 0.2) is 38.5 Å². The SMILES string of the molecule is C=C.C=CC=C.[C-]#[O+]. The fraction of sp³-hybridized carbons (Fsp3) is 0. The first-order chi connectivity index (χ1) is 3.91. The zero-order chi connectivity index (χ0) is 7.41. The van der Waals surface area contributed by atoms with Crippen LogP contribution >= 0.6 is 0 Å². The molecule has 0 unspecified atom stereocenters. The van der Waals surface area contributed by atoms with E-state index in [1.165, 1.54) is 0 Å². The second kappa shape index (κ2) is 159. The van der Waals surface area contributed by atoms with E-state index in [0.717, 1.165) is 0 Å². The maximum atomic E-state index is 7.50. The fourth-order valence-electron chi connectivity index (χ4n) is 0. The third kappa shape index (κ3) is 48600.